The summed E-state index contributed by atoms with van der Waals surface area (Å²) in [6.45, 7) is 18.5. The van der Waals surface area contributed by atoms with E-state index >= 15 is 0 Å². The van der Waals surface area contributed by atoms with Crippen molar-refractivity contribution in [2.75, 3.05) is 134 Å². The van der Waals surface area contributed by atoms with E-state index in [-0.39, 0.29) is 6.10 Å². The minimum absolute atomic E-state index is 0.0695. The average Bonchev–Trinajstić information content (AvgIpc) is 3.64. The number of aliphatic hydroxyl groups excluding tert-OH is 1. The van der Waals surface area contributed by atoms with Crippen molar-refractivity contribution in [1.82, 2.24) is 34.3 Å². The third-order valence-electron chi connectivity index (χ3n) is 9.93. The molecule has 0 spiro atoms. The second kappa shape index (κ2) is 26.7. The van der Waals surface area contributed by atoms with Crippen molar-refractivity contribution >= 4 is 0 Å². The van der Waals surface area contributed by atoms with Gasteiger partial charge in [-0.2, -0.15) is 0 Å². The largest absolute Gasteiger partial charge is 0.392 e. The fraction of sp³-hybridized carbons (Fsp3) is 1.00. The van der Waals surface area contributed by atoms with Crippen molar-refractivity contribution < 1.29 is 5.11 Å². The molecule has 0 saturated carbocycles. The summed E-state index contributed by atoms with van der Waals surface area (Å²) in [5, 5.41) is 9.16. The van der Waals surface area contributed by atoms with E-state index in [0.717, 1.165) is 19.4 Å². The lowest BCUT2D eigenvalue weighted by Gasteiger charge is -2.28. The van der Waals surface area contributed by atoms with E-state index < -0.39 is 0 Å². The van der Waals surface area contributed by atoms with Crippen LogP contribution in [0.3, 0.4) is 0 Å². The summed E-state index contributed by atoms with van der Waals surface area (Å²) < 4.78 is 0. The highest BCUT2D eigenvalue weighted by Crippen LogP contribution is 2.17. The van der Waals surface area contributed by atoms with Crippen LogP contribution in [-0.2, 0) is 0 Å². The van der Waals surface area contributed by atoms with Crippen molar-refractivity contribution in [3.8, 4) is 0 Å². The molecule has 0 aliphatic carbocycles. The quantitative estimate of drug-likeness (QED) is 0.462. The minimum atomic E-state index is -0.0695. The van der Waals surface area contributed by atoms with Gasteiger partial charge in [-0.15, -0.1) is 0 Å². The van der Waals surface area contributed by atoms with Crippen LogP contribution in [0.5, 0.6) is 0 Å². The molecule has 264 valence electrons. The number of nitrogens with zero attached hydrogens (tertiary/aromatic N) is 7. The average molecular weight is 626 g/mol. The maximum atomic E-state index is 9.16. The van der Waals surface area contributed by atoms with Gasteiger partial charge in [-0.3, -0.25) is 0 Å². The number of likely N-dealkylation sites (tertiary alicyclic amines) is 5. The van der Waals surface area contributed by atoms with Gasteiger partial charge >= 0.3 is 0 Å². The minimum Gasteiger partial charge on any atom is -0.392 e. The molecular formula is C36H79N7O. The third-order valence-corrected chi connectivity index (χ3v) is 9.93. The molecule has 8 nitrogen and oxygen atoms in total. The van der Waals surface area contributed by atoms with Gasteiger partial charge in [0.25, 0.3) is 0 Å². The van der Waals surface area contributed by atoms with Crippen LogP contribution in [0, 0.1) is 0 Å². The summed E-state index contributed by atoms with van der Waals surface area (Å²) in [5.74, 6) is 0. The molecule has 6 heterocycles. The van der Waals surface area contributed by atoms with Crippen LogP contribution in [0.25, 0.3) is 0 Å². The molecule has 0 aromatic rings. The summed E-state index contributed by atoms with van der Waals surface area (Å²) in [6.07, 6.45) is 17.7. The Morgan fingerprint density at radius 3 is 0.795 bits per heavy atom. The smallest absolute Gasteiger partial charge is 0.0682 e. The molecule has 0 bridgehead atoms. The van der Waals surface area contributed by atoms with Gasteiger partial charge in [-0.05, 0) is 166 Å². The molecule has 0 radical (unpaired) electrons. The highest BCUT2D eigenvalue weighted by molar-refractivity contribution is 4.81. The van der Waals surface area contributed by atoms with Gasteiger partial charge in [0.15, 0.2) is 0 Å². The van der Waals surface area contributed by atoms with Crippen LogP contribution < -0.4 is 0 Å². The van der Waals surface area contributed by atoms with E-state index in [4.69, 9.17) is 5.11 Å². The zero-order valence-corrected chi connectivity index (χ0v) is 31.1. The first-order valence-electron chi connectivity index (χ1n) is 18.6. The maximum Gasteiger partial charge on any atom is 0.0682 e. The molecule has 8 heteroatoms. The standard InChI is InChI=1S/C7H15NO.C6H14N2.3C6H13N.C5H11N/c1-3-6-4-7(9)5-8(6)2;1-7-3-5-8(2)6-4-7;3*1-7-5-3-2-4-6-7;1-6-4-2-3-5-6/h6-7,9H,3-5H2,1-2H3;3-6H2,1-2H3;3*2-6H2,1H3;2-5H2,1H3/t6-,7-;;;;;/m1...../s1. The zero-order chi connectivity index (χ0) is 32.6. The predicted octanol–water partition coefficient (Wildman–Crippen LogP) is 4.34. The van der Waals surface area contributed by atoms with Gasteiger partial charge in [0.05, 0.1) is 6.10 Å². The van der Waals surface area contributed by atoms with Gasteiger partial charge in [0, 0.05) is 38.8 Å². The molecule has 0 amide bonds. The number of rotatable bonds is 1. The van der Waals surface area contributed by atoms with Crippen LogP contribution in [0.15, 0.2) is 0 Å². The van der Waals surface area contributed by atoms with Crippen molar-refractivity contribution in [2.45, 2.75) is 103 Å². The number of piperidine rings is 3. The normalized spacial score (nSPS) is 28.0. The molecule has 2 atom stereocenters. The molecule has 0 aromatic carbocycles. The SMILES string of the molecule is CC[C@@H]1C[C@@H](O)CN1C.CN1CCCC1.CN1CCCCC1.CN1CCCCC1.CN1CCCCC1.CN1CCN(C)CC1. The monoisotopic (exact) mass is 626 g/mol. The van der Waals surface area contributed by atoms with E-state index in [0.29, 0.717) is 6.04 Å². The Labute approximate surface area is 276 Å². The van der Waals surface area contributed by atoms with Gasteiger partial charge in [0.2, 0.25) is 0 Å². The molecule has 1 N–H and O–H groups in total. The number of β-amino-alcohol motifs (C(OH)–C–C–N with tert-alkyl or cyclic N) is 1. The summed E-state index contributed by atoms with van der Waals surface area (Å²) >= 11 is 0. The van der Waals surface area contributed by atoms with Gasteiger partial charge < -0.3 is 39.4 Å². The molecule has 6 aliphatic heterocycles. The topological polar surface area (TPSA) is 42.9 Å². The molecular weight excluding hydrogens is 546 g/mol. The number of piperazine rings is 1. The van der Waals surface area contributed by atoms with E-state index in [9.17, 15) is 0 Å². The van der Waals surface area contributed by atoms with E-state index in [1.165, 1.54) is 149 Å². The van der Waals surface area contributed by atoms with Crippen LogP contribution >= 0.6 is 0 Å². The van der Waals surface area contributed by atoms with Crippen molar-refractivity contribution in [3.63, 3.8) is 0 Å². The Balaban J connectivity index is 0.000000265. The Morgan fingerprint density at radius 1 is 0.409 bits per heavy atom. The Kier molecular flexibility index (Phi) is 25.3. The Bertz CT molecular complexity index is 562. The van der Waals surface area contributed by atoms with E-state index in [2.05, 4.69) is 90.6 Å². The fourth-order valence-electron chi connectivity index (χ4n) is 6.47. The summed E-state index contributed by atoms with van der Waals surface area (Å²) in [6, 6.07) is 0.625. The number of likely N-dealkylation sites (N-methyl/N-ethyl adjacent to an activating group) is 3. The predicted molar refractivity (Wildman–Crippen MR) is 193 cm³/mol. The first kappa shape index (κ1) is 41.7. The Morgan fingerprint density at radius 2 is 0.659 bits per heavy atom. The Hall–Kier alpha value is -0.320. The first-order valence-corrected chi connectivity index (χ1v) is 18.6. The summed E-state index contributed by atoms with van der Waals surface area (Å²) in [4.78, 5) is 16.5. The number of hydrogen-bond acceptors (Lipinski definition) is 8. The lowest BCUT2D eigenvalue weighted by atomic mass is 10.1. The second-order valence-corrected chi connectivity index (χ2v) is 14.6. The molecule has 0 aromatic heterocycles. The van der Waals surface area contributed by atoms with Crippen LogP contribution in [0.2, 0.25) is 0 Å². The summed E-state index contributed by atoms with van der Waals surface area (Å²) in [5.41, 5.74) is 0. The lowest BCUT2D eigenvalue weighted by molar-refractivity contribution is 0.181. The molecule has 44 heavy (non-hydrogen) atoms. The van der Waals surface area contributed by atoms with E-state index in [1.807, 2.05) is 0 Å². The van der Waals surface area contributed by atoms with Crippen molar-refractivity contribution in [3.05, 3.63) is 0 Å². The lowest BCUT2D eigenvalue weighted by Crippen LogP contribution is -2.42. The molecule has 6 aliphatic rings. The summed E-state index contributed by atoms with van der Waals surface area (Å²) in [7, 11) is 15.2. The molecule has 6 fully saturated rings. The highest BCUT2D eigenvalue weighted by Gasteiger charge is 2.25. The maximum absolute atomic E-state index is 9.16. The van der Waals surface area contributed by atoms with Crippen molar-refractivity contribution in [1.29, 1.82) is 0 Å². The van der Waals surface area contributed by atoms with Gasteiger partial charge in [-0.1, -0.05) is 26.2 Å². The highest BCUT2D eigenvalue weighted by atomic mass is 16.3. The first-order chi connectivity index (χ1) is 21.1. The van der Waals surface area contributed by atoms with Crippen LogP contribution in [-0.4, -0.2) is 186 Å². The van der Waals surface area contributed by atoms with Crippen LogP contribution in [0.4, 0.5) is 0 Å². The second-order valence-electron chi connectivity index (χ2n) is 14.6. The third kappa shape index (κ3) is 23.1. The number of aliphatic hydroxyl groups is 1. The molecule has 0 unspecified atom stereocenters. The molecule has 6 rings (SSSR count). The zero-order valence-electron chi connectivity index (χ0n) is 31.1. The number of hydrogen-bond donors (Lipinski definition) is 1. The van der Waals surface area contributed by atoms with Crippen LogP contribution in [0.1, 0.15) is 90.4 Å². The molecule has 6 saturated heterocycles. The van der Waals surface area contributed by atoms with Gasteiger partial charge in [0.1, 0.15) is 0 Å². The van der Waals surface area contributed by atoms with Gasteiger partial charge in [-0.25, -0.2) is 0 Å². The van der Waals surface area contributed by atoms with E-state index in [1.54, 1.807) is 0 Å². The van der Waals surface area contributed by atoms with Crippen molar-refractivity contribution in [2.24, 2.45) is 0 Å². The fourth-order valence-corrected chi connectivity index (χ4v) is 6.47.